The number of amides is 1. The quantitative estimate of drug-likeness (QED) is 0.712. The van der Waals surface area contributed by atoms with Crippen LogP contribution in [0, 0.1) is 23.7 Å². The third-order valence-electron chi connectivity index (χ3n) is 3.23. The van der Waals surface area contributed by atoms with Gasteiger partial charge in [-0.25, -0.2) is 0 Å². The second-order valence-corrected chi connectivity index (χ2v) is 5.72. The van der Waals surface area contributed by atoms with Crippen molar-refractivity contribution < 1.29 is 9.53 Å². The molecule has 0 radical (unpaired) electrons. The van der Waals surface area contributed by atoms with Crippen molar-refractivity contribution in [2.75, 3.05) is 20.3 Å². The summed E-state index contributed by atoms with van der Waals surface area (Å²) in [7, 11) is 1.67. The summed E-state index contributed by atoms with van der Waals surface area (Å²) in [4.78, 5) is 11.7. The zero-order valence-electron chi connectivity index (χ0n) is 12.2. The Bertz CT molecular complexity index is 206. The van der Waals surface area contributed by atoms with Gasteiger partial charge in [0.2, 0.25) is 5.91 Å². The molecule has 0 rings (SSSR count). The fourth-order valence-electron chi connectivity index (χ4n) is 2.20. The van der Waals surface area contributed by atoms with Gasteiger partial charge in [0.05, 0.1) is 0 Å². The Morgan fingerprint density at radius 3 is 2.06 bits per heavy atom. The standard InChI is InChI=1S/C14H29NO2/c1-10(2)13(11(3)4)8-15-14(16)7-12(5)9-17-6/h10-13H,7-9H2,1-6H3,(H,15,16). The molecule has 0 aromatic heterocycles. The lowest BCUT2D eigenvalue weighted by molar-refractivity contribution is -0.122. The van der Waals surface area contributed by atoms with E-state index in [1.54, 1.807) is 7.11 Å². The molecule has 0 aromatic rings. The molecule has 17 heavy (non-hydrogen) atoms. The van der Waals surface area contributed by atoms with Crippen molar-refractivity contribution in [3.63, 3.8) is 0 Å². The van der Waals surface area contributed by atoms with E-state index in [1.165, 1.54) is 0 Å². The minimum absolute atomic E-state index is 0.140. The van der Waals surface area contributed by atoms with Crippen molar-refractivity contribution in [1.29, 1.82) is 0 Å². The average molecular weight is 243 g/mol. The minimum atomic E-state index is 0.140. The lowest BCUT2D eigenvalue weighted by Crippen LogP contribution is -2.34. The lowest BCUT2D eigenvalue weighted by atomic mass is 9.85. The van der Waals surface area contributed by atoms with Crippen molar-refractivity contribution in [3.05, 3.63) is 0 Å². The zero-order chi connectivity index (χ0) is 13.4. The number of methoxy groups -OCH3 is 1. The monoisotopic (exact) mass is 243 g/mol. The molecule has 1 atom stereocenters. The Balaban J connectivity index is 3.96. The first kappa shape index (κ1) is 16.4. The maximum absolute atomic E-state index is 11.7. The fraction of sp³-hybridized carbons (Fsp3) is 0.929. The maximum Gasteiger partial charge on any atom is 0.220 e. The number of ether oxygens (including phenoxy) is 1. The number of rotatable bonds is 8. The predicted molar refractivity (Wildman–Crippen MR) is 71.8 cm³/mol. The van der Waals surface area contributed by atoms with Crippen molar-refractivity contribution in [3.8, 4) is 0 Å². The van der Waals surface area contributed by atoms with Crippen LogP contribution in [0.1, 0.15) is 41.0 Å². The smallest absolute Gasteiger partial charge is 0.220 e. The highest BCUT2D eigenvalue weighted by atomic mass is 16.5. The molecule has 102 valence electrons. The molecule has 0 bridgehead atoms. The predicted octanol–water partition coefficient (Wildman–Crippen LogP) is 2.70. The molecule has 0 spiro atoms. The summed E-state index contributed by atoms with van der Waals surface area (Å²) in [5.41, 5.74) is 0. The van der Waals surface area contributed by atoms with E-state index in [0.29, 0.717) is 30.8 Å². The van der Waals surface area contributed by atoms with Crippen LogP contribution in [0.4, 0.5) is 0 Å². The summed E-state index contributed by atoms with van der Waals surface area (Å²) in [5, 5.41) is 3.04. The summed E-state index contributed by atoms with van der Waals surface area (Å²) in [6.45, 7) is 12.3. The van der Waals surface area contributed by atoms with Crippen LogP contribution in [0.3, 0.4) is 0 Å². The van der Waals surface area contributed by atoms with Gasteiger partial charge in [-0.2, -0.15) is 0 Å². The van der Waals surface area contributed by atoms with Gasteiger partial charge < -0.3 is 10.1 Å². The van der Waals surface area contributed by atoms with E-state index in [-0.39, 0.29) is 11.8 Å². The summed E-state index contributed by atoms with van der Waals surface area (Å²) >= 11 is 0. The topological polar surface area (TPSA) is 38.3 Å². The molecule has 1 unspecified atom stereocenters. The van der Waals surface area contributed by atoms with E-state index in [9.17, 15) is 4.79 Å². The van der Waals surface area contributed by atoms with Gasteiger partial charge >= 0.3 is 0 Å². The van der Waals surface area contributed by atoms with Crippen LogP contribution in [0.15, 0.2) is 0 Å². The molecular formula is C14H29NO2. The average Bonchev–Trinajstić information content (AvgIpc) is 2.16. The highest BCUT2D eigenvalue weighted by Crippen LogP contribution is 2.19. The van der Waals surface area contributed by atoms with Crippen LogP contribution in [-0.2, 0) is 9.53 Å². The molecule has 0 fully saturated rings. The van der Waals surface area contributed by atoms with Crippen molar-refractivity contribution in [1.82, 2.24) is 5.32 Å². The van der Waals surface area contributed by atoms with E-state index in [4.69, 9.17) is 4.74 Å². The molecule has 0 aliphatic carbocycles. The third-order valence-corrected chi connectivity index (χ3v) is 3.23. The molecule has 0 aromatic carbocycles. The highest BCUT2D eigenvalue weighted by molar-refractivity contribution is 5.76. The molecule has 3 nitrogen and oxygen atoms in total. The summed E-state index contributed by atoms with van der Waals surface area (Å²) in [6.07, 6.45) is 0.552. The van der Waals surface area contributed by atoms with E-state index in [1.807, 2.05) is 6.92 Å². The van der Waals surface area contributed by atoms with E-state index >= 15 is 0 Å². The van der Waals surface area contributed by atoms with Gasteiger partial charge in [-0.15, -0.1) is 0 Å². The van der Waals surface area contributed by atoms with Gasteiger partial charge in [-0.05, 0) is 23.7 Å². The SMILES string of the molecule is COCC(C)CC(=O)NCC(C(C)C)C(C)C. The van der Waals surface area contributed by atoms with Gasteiger partial charge in [0, 0.05) is 26.7 Å². The van der Waals surface area contributed by atoms with Crippen LogP contribution in [0.2, 0.25) is 0 Å². The molecule has 0 aliphatic rings. The molecule has 0 aliphatic heterocycles. The van der Waals surface area contributed by atoms with Gasteiger partial charge in [0.25, 0.3) is 0 Å². The molecule has 0 heterocycles. The summed E-state index contributed by atoms with van der Waals surface area (Å²) < 4.78 is 5.03. The Hall–Kier alpha value is -0.570. The highest BCUT2D eigenvalue weighted by Gasteiger charge is 2.18. The Labute approximate surface area is 106 Å². The number of carbonyl (C=O) groups excluding carboxylic acids is 1. The molecule has 1 amide bonds. The molecule has 1 N–H and O–H groups in total. The maximum atomic E-state index is 11.7. The first-order valence-corrected chi connectivity index (χ1v) is 6.64. The Kier molecular flexibility index (Phi) is 8.23. The van der Waals surface area contributed by atoms with Gasteiger partial charge in [-0.3, -0.25) is 4.79 Å². The van der Waals surface area contributed by atoms with Crippen molar-refractivity contribution >= 4 is 5.91 Å². The molecule has 0 saturated heterocycles. The normalized spacial score (nSPS) is 13.5. The van der Waals surface area contributed by atoms with Crippen LogP contribution in [0.25, 0.3) is 0 Å². The molecular weight excluding hydrogens is 214 g/mol. The first-order chi connectivity index (χ1) is 7.88. The summed E-state index contributed by atoms with van der Waals surface area (Å²) in [5.74, 6) is 2.19. The zero-order valence-corrected chi connectivity index (χ0v) is 12.2. The van der Waals surface area contributed by atoms with Gasteiger partial charge in [-0.1, -0.05) is 34.6 Å². The van der Waals surface area contributed by atoms with Gasteiger partial charge in [0.15, 0.2) is 0 Å². The third kappa shape index (κ3) is 7.37. The number of nitrogens with one attached hydrogen (secondary N) is 1. The van der Waals surface area contributed by atoms with E-state index in [0.717, 1.165) is 6.54 Å². The van der Waals surface area contributed by atoms with Gasteiger partial charge in [0.1, 0.15) is 0 Å². The minimum Gasteiger partial charge on any atom is -0.384 e. The van der Waals surface area contributed by atoms with Crippen LogP contribution in [0.5, 0.6) is 0 Å². The van der Waals surface area contributed by atoms with E-state index in [2.05, 4.69) is 33.0 Å². The van der Waals surface area contributed by atoms with E-state index < -0.39 is 0 Å². The second-order valence-electron chi connectivity index (χ2n) is 5.72. The number of hydrogen-bond donors (Lipinski definition) is 1. The molecule has 0 saturated carbocycles. The number of hydrogen-bond acceptors (Lipinski definition) is 2. The van der Waals surface area contributed by atoms with Crippen LogP contribution in [-0.4, -0.2) is 26.2 Å². The Morgan fingerprint density at radius 2 is 1.65 bits per heavy atom. The van der Waals surface area contributed by atoms with Crippen LogP contribution >= 0.6 is 0 Å². The summed E-state index contributed by atoms with van der Waals surface area (Å²) in [6, 6.07) is 0. The molecule has 3 heteroatoms. The largest absolute Gasteiger partial charge is 0.384 e. The Morgan fingerprint density at radius 1 is 1.12 bits per heavy atom. The van der Waals surface area contributed by atoms with Crippen molar-refractivity contribution in [2.24, 2.45) is 23.7 Å². The number of carbonyl (C=O) groups is 1. The second kappa shape index (κ2) is 8.51. The van der Waals surface area contributed by atoms with Crippen LogP contribution < -0.4 is 5.32 Å². The lowest BCUT2D eigenvalue weighted by Gasteiger charge is -2.25. The first-order valence-electron chi connectivity index (χ1n) is 6.64. The van der Waals surface area contributed by atoms with Crippen molar-refractivity contribution in [2.45, 2.75) is 41.0 Å². The fourth-order valence-corrected chi connectivity index (χ4v) is 2.20.